The Morgan fingerprint density at radius 1 is 1.10 bits per heavy atom. The molecule has 0 aliphatic heterocycles. The average Bonchev–Trinajstić information content (AvgIpc) is 2.51. The quantitative estimate of drug-likeness (QED) is 0.730. The van der Waals surface area contributed by atoms with Gasteiger partial charge in [0.1, 0.15) is 0 Å². The molecule has 2 aromatic carbocycles. The minimum atomic E-state index is 0.163. The number of carbonyl (C=O) groups excluding carboxylic acids is 1. The van der Waals surface area contributed by atoms with Crippen molar-refractivity contribution in [2.75, 3.05) is 17.2 Å². The maximum atomic E-state index is 12.5. The highest BCUT2D eigenvalue weighted by molar-refractivity contribution is 8.00. The number of rotatable bonds is 6. The van der Waals surface area contributed by atoms with Crippen LogP contribution in [0.3, 0.4) is 0 Å². The van der Waals surface area contributed by atoms with Crippen molar-refractivity contribution in [3.63, 3.8) is 0 Å². The van der Waals surface area contributed by atoms with Gasteiger partial charge < -0.3 is 4.90 Å². The van der Waals surface area contributed by atoms with Crippen LogP contribution >= 0.6 is 11.8 Å². The largest absolute Gasteiger partial charge is 0.312 e. The molecule has 1 amide bonds. The number of carbonyl (C=O) groups is 1. The number of amides is 1. The van der Waals surface area contributed by atoms with Crippen LogP contribution in [0.2, 0.25) is 0 Å². The zero-order chi connectivity index (χ0) is 15.1. The van der Waals surface area contributed by atoms with Gasteiger partial charge in [-0.1, -0.05) is 37.3 Å². The van der Waals surface area contributed by atoms with Gasteiger partial charge in [0.2, 0.25) is 5.91 Å². The molecule has 110 valence electrons. The molecule has 0 spiro atoms. The Kier molecular flexibility index (Phi) is 5.88. The summed E-state index contributed by atoms with van der Waals surface area (Å²) in [5.41, 5.74) is 2.17. The zero-order valence-corrected chi connectivity index (χ0v) is 13.4. The summed E-state index contributed by atoms with van der Waals surface area (Å²) in [4.78, 5) is 15.5. The van der Waals surface area contributed by atoms with E-state index in [1.54, 1.807) is 11.8 Å². The van der Waals surface area contributed by atoms with Gasteiger partial charge in [-0.25, -0.2) is 0 Å². The average molecular weight is 299 g/mol. The smallest absolute Gasteiger partial charge is 0.237 e. The lowest BCUT2D eigenvalue weighted by Gasteiger charge is -2.22. The molecule has 0 aliphatic carbocycles. The molecule has 2 aromatic rings. The second kappa shape index (κ2) is 7.89. The summed E-state index contributed by atoms with van der Waals surface area (Å²) >= 11 is 1.59. The second-order valence-electron chi connectivity index (χ2n) is 4.99. The van der Waals surface area contributed by atoms with Gasteiger partial charge in [-0.05, 0) is 43.2 Å². The fourth-order valence-corrected chi connectivity index (χ4v) is 2.95. The Morgan fingerprint density at radius 2 is 1.86 bits per heavy atom. The summed E-state index contributed by atoms with van der Waals surface area (Å²) in [5, 5.41) is 0. The van der Waals surface area contributed by atoms with Gasteiger partial charge >= 0.3 is 0 Å². The van der Waals surface area contributed by atoms with E-state index in [1.807, 2.05) is 47.4 Å². The lowest BCUT2D eigenvalue weighted by molar-refractivity contribution is -0.116. The summed E-state index contributed by atoms with van der Waals surface area (Å²) in [6.07, 6.45) is 0.954. The molecule has 0 fully saturated rings. The molecule has 0 unspecified atom stereocenters. The zero-order valence-electron chi connectivity index (χ0n) is 12.6. The van der Waals surface area contributed by atoms with Crippen LogP contribution < -0.4 is 4.90 Å². The highest BCUT2D eigenvalue weighted by Gasteiger charge is 2.15. The molecule has 2 nitrogen and oxygen atoms in total. The van der Waals surface area contributed by atoms with Gasteiger partial charge in [0.05, 0.1) is 5.75 Å². The molecule has 3 heteroatoms. The Bertz CT molecular complexity index is 583. The molecule has 0 N–H and O–H groups in total. The van der Waals surface area contributed by atoms with Gasteiger partial charge in [0.15, 0.2) is 0 Å². The van der Waals surface area contributed by atoms with Crippen LogP contribution in [0.4, 0.5) is 5.69 Å². The third-order valence-electron chi connectivity index (χ3n) is 3.17. The van der Waals surface area contributed by atoms with E-state index < -0.39 is 0 Å². The summed E-state index contributed by atoms with van der Waals surface area (Å²) in [7, 11) is 0. The van der Waals surface area contributed by atoms with Crippen LogP contribution in [0.25, 0.3) is 0 Å². The minimum Gasteiger partial charge on any atom is -0.312 e. The SMILES string of the molecule is CCCN(C(=O)CSc1ccccc1)c1cccc(C)c1. The Hall–Kier alpha value is -1.74. The predicted molar refractivity (Wildman–Crippen MR) is 91.0 cm³/mol. The van der Waals surface area contributed by atoms with Gasteiger partial charge in [0.25, 0.3) is 0 Å². The van der Waals surface area contributed by atoms with Crippen LogP contribution in [0, 0.1) is 6.92 Å². The molecule has 0 heterocycles. The van der Waals surface area contributed by atoms with Crippen LogP contribution in [0.15, 0.2) is 59.5 Å². The first-order chi connectivity index (χ1) is 10.2. The van der Waals surface area contributed by atoms with Crippen LogP contribution in [-0.2, 0) is 4.79 Å². The normalized spacial score (nSPS) is 10.4. The number of aryl methyl sites for hydroxylation is 1. The van der Waals surface area contributed by atoms with Crippen molar-refractivity contribution in [1.82, 2.24) is 0 Å². The van der Waals surface area contributed by atoms with E-state index in [-0.39, 0.29) is 5.91 Å². The summed E-state index contributed by atoms with van der Waals surface area (Å²) in [5.74, 6) is 0.633. The highest BCUT2D eigenvalue weighted by atomic mass is 32.2. The first-order valence-electron chi connectivity index (χ1n) is 7.25. The summed E-state index contributed by atoms with van der Waals surface area (Å²) in [6, 6.07) is 18.2. The number of hydrogen-bond acceptors (Lipinski definition) is 2. The molecule has 0 bridgehead atoms. The molecule has 0 atom stereocenters. The molecule has 0 aromatic heterocycles. The van der Waals surface area contributed by atoms with Crippen molar-refractivity contribution in [2.45, 2.75) is 25.2 Å². The van der Waals surface area contributed by atoms with E-state index in [0.717, 1.165) is 23.5 Å². The van der Waals surface area contributed by atoms with Crippen molar-refractivity contribution in [3.8, 4) is 0 Å². The molecular weight excluding hydrogens is 278 g/mol. The van der Waals surface area contributed by atoms with Gasteiger partial charge in [0, 0.05) is 17.1 Å². The topological polar surface area (TPSA) is 20.3 Å². The maximum Gasteiger partial charge on any atom is 0.237 e. The van der Waals surface area contributed by atoms with Gasteiger partial charge in [-0.2, -0.15) is 0 Å². The van der Waals surface area contributed by atoms with E-state index in [1.165, 1.54) is 5.56 Å². The van der Waals surface area contributed by atoms with E-state index in [4.69, 9.17) is 0 Å². The molecule has 0 saturated heterocycles. The summed E-state index contributed by atoms with van der Waals surface area (Å²) in [6.45, 7) is 4.91. The lowest BCUT2D eigenvalue weighted by Crippen LogP contribution is -2.33. The lowest BCUT2D eigenvalue weighted by atomic mass is 10.2. The maximum absolute atomic E-state index is 12.5. The third kappa shape index (κ3) is 4.64. The van der Waals surface area contributed by atoms with Crippen molar-refractivity contribution < 1.29 is 4.79 Å². The summed E-state index contributed by atoms with van der Waals surface area (Å²) < 4.78 is 0. The standard InChI is InChI=1S/C18H21NOS/c1-3-12-19(16-9-7-8-15(2)13-16)18(20)14-21-17-10-5-4-6-11-17/h4-11,13H,3,12,14H2,1-2H3. The second-order valence-corrected chi connectivity index (χ2v) is 6.03. The molecule has 21 heavy (non-hydrogen) atoms. The predicted octanol–water partition coefficient (Wildman–Crippen LogP) is 4.53. The minimum absolute atomic E-state index is 0.163. The first-order valence-corrected chi connectivity index (χ1v) is 8.24. The van der Waals surface area contributed by atoms with Gasteiger partial charge in [-0.15, -0.1) is 11.8 Å². The molecular formula is C18H21NOS. The molecule has 0 saturated carbocycles. The molecule has 0 aliphatic rings. The van der Waals surface area contributed by atoms with Crippen molar-refractivity contribution in [2.24, 2.45) is 0 Å². The Labute approximate surface area is 131 Å². The number of thioether (sulfide) groups is 1. The van der Waals surface area contributed by atoms with E-state index >= 15 is 0 Å². The third-order valence-corrected chi connectivity index (χ3v) is 4.16. The fraction of sp³-hybridized carbons (Fsp3) is 0.278. The van der Waals surface area contributed by atoms with E-state index in [9.17, 15) is 4.79 Å². The Balaban J connectivity index is 2.05. The van der Waals surface area contributed by atoms with E-state index in [0.29, 0.717) is 5.75 Å². The first kappa shape index (κ1) is 15.6. The molecule has 0 radical (unpaired) electrons. The van der Waals surface area contributed by atoms with Gasteiger partial charge in [-0.3, -0.25) is 4.79 Å². The number of anilines is 1. The number of benzene rings is 2. The molecule has 2 rings (SSSR count). The van der Waals surface area contributed by atoms with Crippen LogP contribution in [-0.4, -0.2) is 18.2 Å². The number of nitrogens with zero attached hydrogens (tertiary/aromatic N) is 1. The van der Waals surface area contributed by atoms with E-state index in [2.05, 4.69) is 26.0 Å². The van der Waals surface area contributed by atoms with Crippen molar-refractivity contribution in [1.29, 1.82) is 0 Å². The Morgan fingerprint density at radius 3 is 2.52 bits per heavy atom. The monoisotopic (exact) mass is 299 g/mol. The number of hydrogen-bond donors (Lipinski definition) is 0. The fourth-order valence-electron chi connectivity index (χ4n) is 2.16. The highest BCUT2D eigenvalue weighted by Crippen LogP contribution is 2.21. The van der Waals surface area contributed by atoms with Crippen LogP contribution in [0.1, 0.15) is 18.9 Å². The van der Waals surface area contributed by atoms with Crippen LogP contribution in [0.5, 0.6) is 0 Å². The van der Waals surface area contributed by atoms with Crippen molar-refractivity contribution >= 4 is 23.4 Å². The van der Waals surface area contributed by atoms with Crippen molar-refractivity contribution in [3.05, 3.63) is 60.2 Å².